The zero-order valence-electron chi connectivity index (χ0n) is 11.1. The number of carboxylic acid groups (broad SMARTS) is 1. The summed E-state index contributed by atoms with van der Waals surface area (Å²) in [6.07, 6.45) is 0.337. The van der Waals surface area contributed by atoms with Gasteiger partial charge in [0.05, 0.1) is 13.2 Å². The molecule has 0 aliphatic heterocycles. The van der Waals surface area contributed by atoms with Gasteiger partial charge in [-0.3, -0.25) is 0 Å². The molecule has 0 aromatic carbocycles. The molecule has 0 saturated carbocycles. The molecule has 106 valence electrons. The van der Waals surface area contributed by atoms with Crippen LogP contribution in [-0.4, -0.2) is 68.6 Å². The minimum Gasteiger partial charge on any atom is -0.480 e. The Hall–Kier alpha value is -1.34. The van der Waals surface area contributed by atoms with Gasteiger partial charge < -0.3 is 24.8 Å². The molecule has 0 aromatic rings. The van der Waals surface area contributed by atoms with E-state index in [1.54, 1.807) is 21.1 Å². The highest BCUT2D eigenvalue weighted by Gasteiger charge is 2.21. The molecule has 2 N–H and O–H groups in total. The van der Waals surface area contributed by atoms with E-state index in [2.05, 4.69) is 5.32 Å². The first-order chi connectivity index (χ1) is 8.56. The number of urea groups is 1. The number of carbonyl (C=O) groups is 2. The SMILES string of the molecule is CCC(NC(=O)N(CCOC)CCOC)C(=O)O. The number of ether oxygens (including phenoxy) is 2. The van der Waals surface area contributed by atoms with Gasteiger partial charge >= 0.3 is 12.0 Å². The molecule has 7 heteroatoms. The van der Waals surface area contributed by atoms with Crippen molar-refractivity contribution < 1.29 is 24.2 Å². The minimum absolute atomic E-state index is 0.337. The van der Waals surface area contributed by atoms with Crippen molar-refractivity contribution in [2.75, 3.05) is 40.5 Å². The summed E-state index contributed by atoms with van der Waals surface area (Å²) in [5, 5.41) is 11.3. The van der Waals surface area contributed by atoms with Crippen LogP contribution >= 0.6 is 0 Å². The molecule has 0 fully saturated rings. The number of aliphatic carboxylic acids is 1. The maximum atomic E-state index is 11.9. The first-order valence-corrected chi connectivity index (χ1v) is 5.82. The van der Waals surface area contributed by atoms with E-state index < -0.39 is 18.0 Å². The number of nitrogens with one attached hydrogen (secondary N) is 1. The normalized spacial score (nSPS) is 11.9. The topological polar surface area (TPSA) is 88.1 Å². The van der Waals surface area contributed by atoms with Gasteiger partial charge in [-0.15, -0.1) is 0 Å². The predicted octanol–water partition coefficient (Wildman–Crippen LogP) is 0.154. The zero-order valence-corrected chi connectivity index (χ0v) is 11.1. The van der Waals surface area contributed by atoms with Crippen LogP contribution in [0.15, 0.2) is 0 Å². The Bertz CT molecular complexity index is 252. The van der Waals surface area contributed by atoms with Gasteiger partial charge in [-0.25, -0.2) is 9.59 Å². The van der Waals surface area contributed by atoms with E-state index in [9.17, 15) is 9.59 Å². The van der Waals surface area contributed by atoms with E-state index in [0.717, 1.165) is 0 Å². The van der Waals surface area contributed by atoms with Gasteiger partial charge in [0, 0.05) is 27.3 Å². The maximum Gasteiger partial charge on any atom is 0.326 e. The van der Waals surface area contributed by atoms with Gasteiger partial charge in [0.2, 0.25) is 0 Å². The molecule has 0 aliphatic carbocycles. The summed E-state index contributed by atoms with van der Waals surface area (Å²) in [5.74, 6) is -1.04. The molecule has 18 heavy (non-hydrogen) atoms. The molecular weight excluding hydrogens is 240 g/mol. The summed E-state index contributed by atoms with van der Waals surface area (Å²) in [5.41, 5.74) is 0. The molecule has 0 saturated heterocycles. The number of hydrogen-bond acceptors (Lipinski definition) is 4. The molecule has 7 nitrogen and oxygen atoms in total. The fourth-order valence-electron chi connectivity index (χ4n) is 1.30. The van der Waals surface area contributed by atoms with Crippen molar-refractivity contribution in [3.8, 4) is 0 Å². The molecule has 1 atom stereocenters. The number of amides is 2. The van der Waals surface area contributed by atoms with Crippen molar-refractivity contribution in [2.45, 2.75) is 19.4 Å². The quantitative estimate of drug-likeness (QED) is 0.617. The van der Waals surface area contributed by atoms with Crippen LogP contribution in [0.2, 0.25) is 0 Å². The molecule has 0 aliphatic rings. The highest BCUT2D eigenvalue weighted by atomic mass is 16.5. The van der Waals surface area contributed by atoms with E-state index in [0.29, 0.717) is 32.7 Å². The average Bonchev–Trinajstić information content (AvgIpc) is 2.35. The van der Waals surface area contributed by atoms with E-state index in [-0.39, 0.29) is 0 Å². The summed E-state index contributed by atoms with van der Waals surface area (Å²) in [7, 11) is 3.08. The number of rotatable bonds is 9. The fraction of sp³-hybridized carbons (Fsp3) is 0.818. The van der Waals surface area contributed by atoms with Crippen molar-refractivity contribution >= 4 is 12.0 Å². The number of nitrogens with zero attached hydrogens (tertiary/aromatic N) is 1. The van der Waals surface area contributed by atoms with Crippen LogP contribution in [0.5, 0.6) is 0 Å². The Labute approximate surface area is 107 Å². The molecule has 0 radical (unpaired) electrons. The molecule has 1 unspecified atom stereocenters. The summed E-state index contributed by atoms with van der Waals surface area (Å²) >= 11 is 0. The summed E-state index contributed by atoms with van der Waals surface area (Å²) in [6, 6.07) is -1.29. The van der Waals surface area contributed by atoms with E-state index in [1.165, 1.54) is 4.90 Å². The summed E-state index contributed by atoms with van der Waals surface area (Å²) < 4.78 is 9.80. The Morgan fingerprint density at radius 3 is 2.06 bits per heavy atom. The van der Waals surface area contributed by atoms with Crippen LogP contribution in [0.1, 0.15) is 13.3 Å². The van der Waals surface area contributed by atoms with Crippen LogP contribution in [-0.2, 0) is 14.3 Å². The highest BCUT2D eigenvalue weighted by Crippen LogP contribution is 1.96. The largest absolute Gasteiger partial charge is 0.480 e. The predicted molar refractivity (Wildman–Crippen MR) is 65.6 cm³/mol. The molecule has 0 heterocycles. The smallest absolute Gasteiger partial charge is 0.326 e. The lowest BCUT2D eigenvalue weighted by molar-refractivity contribution is -0.139. The standard InChI is InChI=1S/C11H22N2O5/c1-4-9(10(14)15)12-11(16)13(5-7-17-2)6-8-18-3/h9H,4-8H2,1-3H3,(H,12,16)(H,14,15). The second kappa shape index (κ2) is 9.67. The molecule has 0 aromatic heterocycles. The van der Waals surface area contributed by atoms with Crippen LogP contribution in [0.4, 0.5) is 4.79 Å². The molecular formula is C11H22N2O5. The van der Waals surface area contributed by atoms with Gasteiger partial charge in [0.25, 0.3) is 0 Å². The monoisotopic (exact) mass is 262 g/mol. The van der Waals surface area contributed by atoms with Gasteiger partial charge in [0.15, 0.2) is 0 Å². The lowest BCUT2D eigenvalue weighted by Crippen LogP contribution is -2.49. The second-order valence-electron chi connectivity index (χ2n) is 3.72. The molecule has 2 amide bonds. The molecule has 0 spiro atoms. The third-order valence-electron chi connectivity index (χ3n) is 2.42. The number of methoxy groups -OCH3 is 2. The molecule has 0 rings (SSSR count). The Morgan fingerprint density at radius 2 is 1.72 bits per heavy atom. The fourth-order valence-corrected chi connectivity index (χ4v) is 1.30. The first kappa shape index (κ1) is 16.7. The Morgan fingerprint density at radius 1 is 1.22 bits per heavy atom. The Kier molecular flexibility index (Phi) is 8.95. The van der Waals surface area contributed by atoms with Crippen LogP contribution in [0.3, 0.4) is 0 Å². The average molecular weight is 262 g/mol. The van der Waals surface area contributed by atoms with Gasteiger partial charge in [0.1, 0.15) is 6.04 Å². The van der Waals surface area contributed by atoms with Crippen molar-refractivity contribution in [1.82, 2.24) is 10.2 Å². The lowest BCUT2D eigenvalue weighted by Gasteiger charge is -2.24. The van der Waals surface area contributed by atoms with Crippen molar-refractivity contribution in [1.29, 1.82) is 0 Å². The van der Waals surface area contributed by atoms with E-state index >= 15 is 0 Å². The van der Waals surface area contributed by atoms with Crippen molar-refractivity contribution in [3.05, 3.63) is 0 Å². The van der Waals surface area contributed by atoms with Gasteiger partial charge in [-0.05, 0) is 6.42 Å². The Balaban J connectivity index is 4.37. The van der Waals surface area contributed by atoms with Gasteiger partial charge in [-0.2, -0.15) is 0 Å². The summed E-state index contributed by atoms with van der Waals surface area (Å²) in [4.78, 5) is 24.2. The lowest BCUT2D eigenvalue weighted by atomic mass is 10.2. The summed E-state index contributed by atoms with van der Waals surface area (Å²) in [6.45, 7) is 3.26. The zero-order chi connectivity index (χ0) is 14.0. The van der Waals surface area contributed by atoms with Gasteiger partial charge in [-0.1, -0.05) is 6.92 Å². The third-order valence-corrected chi connectivity index (χ3v) is 2.42. The number of carboxylic acids is 1. The van der Waals surface area contributed by atoms with E-state index in [4.69, 9.17) is 14.6 Å². The second-order valence-corrected chi connectivity index (χ2v) is 3.72. The first-order valence-electron chi connectivity index (χ1n) is 5.82. The maximum absolute atomic E-state index is 11.9. The number of carbonyl (C=O) groups excluding carboxylic acids is 1. The van der Waals surface area contributed by atoms with Crippen molar-refractivity contribution in [3.63, 3.8) is 0 Å². The van der Waals surface area contributed by atoms with E-state index in [1.807, 2.05) is 0 Å². The van der Waals surface area contributed by atoms with Crippen LogP contribution in [0, 0.1) is 0 Å². The molecule has 0 bridgehead atoms. The highest BCUT2D eigenvalue weighted by molar-refractivity contribution is 5.82. The number of hydrogen-bond donors (Lipinski definition) is 2. The third kappa shape index (κ3) is 6.41. The van der Waals surface area contributed by atoms with Crippen LogP contribution in [0.25, 0.3) is 0 Å². The van der Waals surface area contributed by atoms with Crippen molar-refractivity contribution in [2.24, 2.45) is 0 Å². The van der Waals surface area contributed by atoms with Crippen LogP contribution < -0.4 is 5.32 Å². The minimum atomic E-state index is -1.04.